The monoisotopic (exact) mass is 314 g/mol. The molecule has 1 rings (SSSR count). The molecule has 0 heterocycles. The van der Waals surface area contributed by atoms with Crippen molar-refractivity contribution in [1.29, 1.82) is 0 Å². The van der Waals surface area contributed by atoms with E-state index in [1.807, 2.05) is 32.0 Å². The number of hydrogen-bond acceptors (Lipinski definition) is 3. The van der Waals surface area contributed by atoms with Gasteiger partial charge in [-0.3, -0.25) is 10.9 Å². The molecule has 0 fully saturated rings. The van der Waals surface area contributed by atoms with Crippen molar-refractivity contribution < 1.29 is 4.74 Å². The van der Waals surface area contributed by atoms with Crippen LogP contribution in [0.3, 0.4) is 0 Å². The molecule has 0 aliphatic heterocycles. The number of rotatable bonds is 9. The van der Waals surface area contributed by atoms with Crippen molar-refractivity contribution in [1.82, 2.24) is 10.9 Å². The van der Waals surface area contributed by atoms with Crippen molar-refractivity contribution in [3.05, 3.63) is 34.9 Å². The van der Waals surface area contributed by atoms with E-state index in [9.17, 15) is 0 Å². The van der Waals surface area contributed by atoms with Crippen LogP contribution in [0, 0.1) is 5.92 Å². The van der Waals surface area contributed by atoms with Gasteiger partial charge in [-0.2, -0.15) is 0 Å². The summed E-state index contributed by atoms with van der Waals surface area (Å²) in [7, 11) is 0. The number of ether oxygens (including phenoxy) is 1. The fourth-order valence-corrected chi connectivity index (χ4v) is 1.86. The summed E-state index contributed by atoms with van der Waals surface area (Å²) >= 11 is 5.97. The van der Waals surface area contributed by atoms with Gasteiger partial charge >= 0.3 is 0 Å². The van der Waals surface area contributed by atoms with Gasteiger partial charge < -0.3 is 4.74 Å². The average molecular weight is 315 g/mol. The summed E-state index contributed by atoms with van der Waals surface area (Å²) in [5.74, 6) is 0.605. The second-order valence-electron chi connectivity index (χ2n) is 5.17. The summed E-state index contributed by atoms with van der Waals surface area (Å²) in [5.41, 5.74) is 7.66. The first-order valence-electron chi connectivity index (χ1n) is 7.91. The van der Waals surface area contributed by atoms with Gasteiger partial charge in [-0.15, -0.1) is 0 Å². The first-order valence-corrected chi connectivity index (χ1v) is 8.29. The van der Waals surface area contributed by atoms with Crippen LogP contribution in [0.15, 0.2) is 24.3 Å². The van der Waals surface area contributed by atoms with Crippen molar-refractivity contribution in [3.8, 4) is 0 Å². The van der Waals surface area contributed by atoms with Gasteiger partial charge in [-0.05, 0) is 37.0 Å². The molecular formula is C17H31ClN2O. The molecule has 1 unspecified atom stereocenters. The van der Waals surface area contributed by atoms with Crippen LogP contribution < -0.4 is 10.9 Å². The highest BCUT2D eigenvalue weighted by atomic mass is 35.5. The van der Waals surface area contributed by atoms with Crippen LogP contribution in [0.4, 0.5) is 0 Å². The predicted octanol–water partition coefficient (Wildman–Crippen LogP) is 4.58. The quantitative estimate of drug-likeness (QED) is 0.517. The van der Waals surface area contributed by atoms with E-state index in [1.165, 1.54) is 5.56 Å². The lowest BCUT2D eigenvalue weighted by atomic mass is 10.1. The maximum absolute atomic E-state index is 5.97. The summed E-state index contributed by atoms with van der Waals surface area (Å²) in [6.07, 6.45) is 1.00. The first-order chi connectivity index (χ1) is 10.1. The standard InChI is InChI=1S/C15H25ClN2O.C2H6/c1-12(2)11-19-9-5-8-17-18-13(3)14-6-4-7-15(16)10-14;1-2/h4,6-7,10,12-13,17-18H,5,8-9,11H2,1-3H3;1-2H3. The highest BCUT2D eigenvalue weighted by Crippen LogP contribution is 2.16. The molecule has 0 radical (unpaired) electrons. The van der Waals surface area contributed by atoms with Crippen LogP contribution in [0.25, 0.3) is 0 Å². The molecule has 122 valence electrons. The largest absolute Gasteiger partial charge is 0.381 e. The number of halogens is 1. The minimum absolute atomic E-state index is 0.232. The minimum atomic E-state index is 0.232. The van der Waals surface area contributed by atoms with Gasteiger partial charge in [0.25, 0.3) is 0 Å². The van der Waals surface area contributed by atoms with Crippen LogP contribution >= 0.6 is 11.6 Å². The number of hydrazine groups is 1. The molecule has 1 aromatic carbocycles. The smallest absolute Gasteiger partial charge is 0.0489 e. The van der Waals surface area contributed by atoms with Gasteiger partial charge in [0, 0.05) is 30.8 Å². The van der Waals surface area contributed by atoms with Gasteiger partial charge in [0.15, 0.2) is 0 Å². The first kappa shape index (κ1) is 20.4. The maximum atomic E-state index is 5.97. The Morgan fingerprint density at radius 2 is 1.90 bits per heavy atom. The molecule has 0 spiro atoms. The number of benzene rings is 1. The van der Waals surface area contributed by atoms with E-state index in [4.69, 9.17) is 16.3 Å². The minimum Gasteiger partial charge on any atom is -0.381 e. The highest BCUT2D eigenvalue weighted by Gasteiger charge is 2.04. The third kappa shape index (κ3) is 10.7. The molecule has 0 saturated carbocycles. The van der Waals surface area contributed by atoms with E-state index in [0.29, 0.717) is 5.92 Å². The molecular weight excluding hydrogens is 284 g/mol. The zero-order valence-corrected chi connectivity index (χ0v) is 14.8. The Morgan fingerprint density at radius 1 is 1.19 bits per heavy atom. The topological polar surface area (TPSA) is 33.3 Å². The Morgan fingerprint density at radius 3 is 2.52 bits per heavy atom. The summed E-state index contributed by atoms with van der Waals surface area (Å²) in [4.78, 5) is 0. The lowest BCUT2D eigenvalue weighted by molar-refractivity contribution is 0.107. The van der Waals surface area contributed by atoms with Gasteiger partial charge in [0.1, 0.15) is 0 Å². The predicted molar refractivity (Wildman–Crippen MR) is 92.6 cm³/mol. The molecule has 0 aromatic heterocycles. The molecule has 2 N–H and O–H groups in total. The number of nitrogens with one attached hydrogen (secondary N) is 2. The average Bonchev–Trinajstić information content (AvgIpc) is 2.48. The normalized spacial score (nSPS) is 12.0. The Hall–Kier alpha value is -0.610. The van der Waals surface area contributed by atoms with E-state index < -0.39 is 0 Å². The molecule has 0 saturated heterocycles. The van der Waals surface area contributed by atoms with E-state index in [2.05, 4.69) is 37.7 Å². The van der Waals surface area contributed by atoms with E-state index >= 15 is 0 Å². The second-order valence-corrected chi connectivity index (χ2v) is 5.61. The molecule has 1 atom stereocenters. The maximum Gasteiger partial charge on any atom is 0.0489 e. The molecule has 0 bridgehead atoms. The van der Waals surface area contributed by atoms with Gasteiger partial charge in [-0.25, -0.2) is 0 Å². The summed E-state index contributed by atoms with van der Waals surface area (Å²) < 4.78 is 5.52. The molecule has 4 heteroatoms. The lowest BCUT2D eigenvalue weighted by Gasteiger charge is -2.15. The molecule has 3 nitrogen and oxygen atoms in total. The SMILES string of the molecule is CC.CC(C)COCCCNNC(C)c1cccc(Cl)c1. The van der Waals surface area contributed by atoms with E-state index in [1.54, 1.807) is 0 Å². The van der Waals surface area contributed by atoms with Crippen LogP contribution in [0.5, 0.6) is 0 Å². The molecule has 0 aliphatic rings. The third-order valence-corrected chi connectivity index (χ3v) is 2.94. The van der Waals surface area contributed by atoms with Crippen LogP contribution in [-0.4, -0.2) is 19.8 Å². The van der Waals surface area contributed by atoms with Crippen LogP contribution in [0.1, 0.15) is 52.6 Å². The summed E-state index contributed by atoms with van der Waals surface area (Å²) in [5, 5.41) is 0.772. The van der Waals surface area contributed by atoms with Gasteiger partial charge in [0.2, 0.25) is 0 Å². The molecule has 0 amide bonds. The Labute approximate surface area is 135 Å². The Bertz CT molecular complexity index is 358. The van der Waals surface area contributed by atoms with Gasteiger partial charge in [0.05, 0.1) is 0 Å². The van der Waals surface area contributed by atoms with Crippen molar-refractivity contribution in [3.63, 3.8) is 0 Å². The molecule has 21 heavy (non-hydrogen) atoms. The van der Waals surface area contributed by atoms with Gasteiger partial charge in [-0.1, -0.05) is 51.4 Å². The summed E-state index contributed by atoms with van der Waals surface area (Å²) in [6, 6.07) is 8.13. The fraction of sp³-hybridized carbons (Fsp3) is 0.647. The lowest BCUT2D eigenvalue weighted by Crippen LogP contribution is -2.35. The summed E-state index contributed by atoms with van der Waals surface area (Å²) in [6.45, 7) is 13.0. The Kier molecular flexibility index (Phi) is 12.7. The van der Waals surface area contributed by atoms with E-state index in [0.717, 1.165) is 31.2 Å². The van der Waals surface area contributed by atoms with Crippen LogP contribution in [0.2, 0.25) is 5.02 Å². The second kappa shape index (κ2) is 13.1. The van der Waals surface area contributed by atoms with Crippen molar-refractivity contribution in [2.75, 3.05) is 19.8 Å². The van der Waals surface area contributed by atoms with Crippen molar-refractivity contribution >= 4 is 11.6 Å². The zero-order valence-electron chi connectivity index (χ0n) is 14.1. The molecule has 0 aliphatic carbocycles. The number of hydrogen-bond donors (Lipinski definition) is 2. The zero-order chi connectivity index (χ0) is 16.1. The van der Waals surface area contributed by atoms with Crippen molar-refractivity contribution in [2.45, 2.75) is 47.1 Å². The van der Waals surface area contributed by atoms with Crippen molar-refractivity contribution in [2.24, 2.45) is 5.92 Å². The Balaban J connectivity index is 0.00000191. The van der Waals surface area contributed by atoms with E-state index in [-0.39, 0.29) is 6.04 Å². The highest BCUT2D eigenvalue weighted by molar-refractivity contribution is 6.30. The molecule has 1 aromatic rings. The van der Waals surface area contributed by atoms with Crippen LogP contribution in [-0.2, 0) is 4.74 Å². The fourth-order valence-electron chi connectivity index (χ4n) is 1.67. The third-order valence-electron chi connectivity index (χ3n) is 2.71.